The summed E-state index contributed by atoms with van der Waals surface area (Å²) in [6.45, 7) is 13.7. The number of nitriles is 1. The van der Waals surface area contributed by atoms with Gasteiger partial charge in [-0.3, -0.25) is 4.79 Å². The van der Waals surface area contributed by atoms with Crippen LogP contribution in [0.15, 0.2) is 29.4 Å². The summed E-state index contributed by atoms with van der Waals surface area (Å²) in [6.07, 6.45) is 4.79. The zero-order valence-corrected chi connectivity index (χ0v) is 25.5. The van der Waals surface area contributed by atoms with Crippen molar-refractivity contribution in [3.63, 3.8) is 0 Å². The van der Waals surface area contributed by atoms with E-state index in [0.717, 1.165) is 49.2 Å². The topological polar surface area (TPSA) is 92.8 Å². The van der Waals surface area contributed by atoms with Gasteiger partial charge in [0.2, 0.25) is 5.91 Å². The third kappa shape index (κ3) is 6.50. The summed E-state index contributed by atoms with van der Waals surface area (Å²) in [5, 5.41) is 23.0. The minimum Gasteiger partial charge on any atom is -0.483 e. The first-order chi connectivity index (χ1) is 18.7. The molecule has 1 aliphatic carbocycles. The van der Waals surface area contributed by atoms with Gasteiger partial charge in [0, 0.05) is 11.4 Å². The summed E-state index contributed by atoms with van der Waals surface area (Å²) in [5.41, 5.74) is 3.29. The predicted molar refractivity (Wildman–Crippen MR) is 159 cm³/mol. The maximum Gasteiger partial charge on any atom is 0.235 e. The van der Waals surface area contributed by atoms with Crippen LogP contribution < -0.4 is 10.1 Å². The van der Waals surface area contributed by atoms with Crippen molar-refractivity contribution in [2.24, 2.45) is 11.3 Å². The average molecular weight is 566 g/mol. The molecule has 1 amide bonds. The van der Waals surface area contributed by atoms with E-state index < -0.39 is 0 Å². The third-order valence-electron chi connectivity index (χ3n) is 8.05. The highest BCUT2D eigenvalue weighted by Gasteiger charge is 2.34. The number of anilines is 1. The molecule has 3 aromatic rings. The Morgan fingerprint density at radius 1 is 1.28 bits per heavy atom. The Labute approximate surface area is 240 Å². The number of carbonyl (C=O) groups is 1. The molecular weight excluding hydrogens is 526 g/mol. The van der Waals surface area contributed by atoms with Crippen LogP contribution in [0.4, 0.5) is 5.00 Å². The monoisotopic (exact) mass is 565 g/mol. The molecular formula is C30H39N5O2S2. The lowest BCUT2D eigenvalue weighted by molar-refractivity contribution is -0.113. The largest absolute Gasteiger partial charge is 0.483 e. The minimum absolute atomic E-state index is 0.145. The van der Waals surface area contributed by atoms with Gasteiger partial charge < -0.3 is 14.6 Å². The average Bonchev–Trinajstić information content (AvgIpc) is 3.52. The van der Waals surface area contributed by atoms with Gasteiger partial charge in [-0.2, -0.15) is 5.26 Å². The van der Waals surface area contributed by atoms with Gasteiger partial charge in [-0.25, -0.2) is 0 Å². The number of thiophene rings is 1. The number of benzene rings is 1. The summed E-state index contributed by atoms with van der Waals surface area (Å²) in [6, 6.07) is 10.4. The first kappa shape index (κ1) is 29.2. The summed E-state index contributed by atoms with van der Waals surface area (Å²) in [4.78, 5) is 14.2. The zero-order chi connectivity index (χ0) is 28.2. The van der Waals surface area contributed by atoms with Crippen molar-refractivity contribution >= 4 is 34.0 Å². The van der Waals surface area contributed by atoms with Crippen LogP contribution in [0.25, 0.3) is 0 Å². The van der Waals surface area contributed by atoms with Crippen LogP contribution in [0.3, 0.4) is 0 Å². The summed E-state index contributed by atoms with van der Waals surface area (Å²) >= 11 is 2.92. The number of amides is 1. The number of rotatable bonds is 11. The van der Waals surface area contributed by atoms with Crippen molar-refractivity contribution in [2.75, 3.05) is 11.1 Å². The molecule has 0 saturated heterocycles. The van der Waals surface area contributed by atoms with Crippen LogP contribution in [-0.4, -0.2) is 26.4 Å². The number of nitrogens with zero attached hydrogens (tertiary/aromatic N) is 4. The zero-order valence-electron chi connectivity index (χ0n) is 23.8. The van der Waals surface area contributed by atoms with E-state index in [9.17, 15) is 10.1 Å². The van der Waals surface area contributed by atoms with E-state index in [-0.39, 0.29) is 23.2 Å². The molecule has 0 radical (unpaired) electrons. The molecule has 39 heavy (non-hydrogen) atoms. The fourth-order valence-corrected chi connectivity index (χ4v) is 7.21. The van der Waals surface area contributed by atoms with Crippen molar-refractivity contribution < 1.29 is 9.53 Å². The quantitative estimate of drug-likeness (QED) is 0.247. The number of carbonyl (C=O) groups excluding carboxylic acids is 1. The van der Waals surface area contributed by atoms with Crippen LogP contribution in [0.5, 0.6) is 5.75 Å². The van der Waals surface area contributed by atoms with Gasteiger partial charge in [-0.1, -0.05) is 58.0 Å². The normalized spacial score (nSPS) is 15.9. The van der Waals surface area contributed by atoms with Crippen LogP contribution >= 0.6 is 23.1 Å². The number of ether oxygens (including phenoxy) is 1. The lowest BCUT2D eigenvalue weighted by Gasteiger charge is -2.36. The van der Waals surface area contributed by atoms with E-state index in [1.807, 2.05) is 30.5 Å². The van der Waals surface area contributed by atoms with E-state index >= 15 is 0 Å². The molecule has 2 atom stereocenters. The number of fused-ring (bicyclic) bond motifs is 1. The maximum atomic E-state index is 13.0. The van der Waals surface area contributed by atoms with Gasteiger partial charge in [0.25, 0.3) is 0 Å². The van der Waals surface area contributed by atoms with Crippen LogP contribution in [0.1, 0.15) is 87.9 Å². The van der Waals surface area contributed by atoms with Gasteiger partial charge >= 0.3 is 0 Å². The molecule has 4 rings (SSSR count). The van der Waals surface area contributed by atoms with E-state index in [0.29, 0.717) is 28.2 Å². The Morgan fingerprint density at radius 3 is 2.67 bits per heavy atom. The van der Waals surface area contributed by atoms with Crippen molar-refractivity contribution in [3.05, 3.63) is 51.7 Å². The molecule has 2 unspecified atom stereocenters. The first-order valence-corrected chi connectivity index (χ1v) is 15.7. The van der Waals surface area contributed by atoms with Gasteiger partial charge in [0.1, 0.15) is 16.8 Å². The maximum absolute atomic E-state index is 13.0. The third-order valence-corrected chi connectivity index (χ3v) is 10.2. The van der Waals surface area contributed by atoms with Crippen LogP contribution in [0, 0.1) is 22.7 Å². The summed E-state index contributed by atoms with van der Waals surface area (Å²) in [5.74, 6) is 2.15. The Balaban J connectivity index is 1.40. The van der Waals surface area contributed by atoms with Gasteiger partial charge in [0.05, 0.1) is 11.3 Å². The predicted octanol–water partition coefficient (Wildman–Crippen LogP) is 7.21. The fourth-order valence-electron chi connectivity index (χ4n) is 5.11. The Hall–Kier alpha value is -2.83. The van der Waals surface area contributed by atoms with Gasteiger partial charge in [-0.05, 0) is 74.1 Å². The molecule has 2 heterocycles. The standard InChI is InChI=1S/C30H39N5O2S2/c1-7-20-10-13-22(14-11-20)37-19(4)27-33-34-29(35(27)9-3)38-18-26(36)32-28-24(17-31)23-15-12-21(16-25(23)39-28)30(5,6)8-2/h10-11,13-14,19,21H,7-9,12,15-16,18H2,1-6H3,(H,32,36). The van der Waals surface area contributed by atoms with Crippen LogP contribution in [-0.2, 0) is 30.6 Å². The smallest absolute Gasteiger partial charge is 0.235 e. The molecule has 2 aromatic heterocycles. The second kappa shape index (κ2) is 12.6. The lowest BCUT2D eigenvalue weighted by Crippen LogP contribution is -2.28. The Bertz CT molecular complexity index is 1340. The van der Waals surface area contributed by atoms with E-state index in [1.165, 1.54) is 22.2 Å². The number of aromatic nitrogens is 3. The van der Waals surface area contributed by atoms with Gasteiger partial charge in [0.15, 0.2) is 17.1 Å². The number of nitrogens with one attached hydrogen (secondary N) is 1. The van der Waals surface area contributed by atoms with Gasteiger partial charge in [-0.15, -0.1) is 21.5 Å². The molecule has 1 N–H and O–H groups in total. The molecule has 0 saturated carbocycles. The van der Waals surface area contributed by atoms with E-state index in [2.05, 4.69) is 61.4 Å². The van der Waals surface area contributed by atoms with E-state index in [1.54, 1.807) is 11.3 Å². The molecule has 9 heteroatoms. The minimum atomic E-state index is -0.287. The molecule has 1 aliphatic rings. The highest BCUT2D eigenvalue weighted by molar-refractivity contribution is 7.99. The highest BCUT2D eigenvalue weighted by Crippen LogP contribution is 2.45. The summed E-state index contributed by atoms with van der Waals surface area (Å²) in [7, 11) is 0. The highest BCUT2D eigenvalue weighted by atomic mass is 32.2. The molecule has 0 aliphatic heterocycles. The Morgan fingerprint density at radius 2 is 2.03 bits per heavy atom. The molecule has 208 valence electrons. The molecule has 0 bridgehead atoms. The van der Waals surface area contributed by atoms with Crippen molar-refractivity contribution in [3.8, 4) is 11.8 Å². The second-order valence-corrected chi connectivity index (χ2v) is 12.8. The number of hydrogen-bond acceptors (Lipinski definition) is 7. The van der Waals surface area contributed by atoms with Crippen LogP contribution in [0.2, 0.25) is 0 Å². The molecule has 1 aromatic carbocycles. The molecule has 0 spiro atoms. The summed E-state index contributed by atoms with van der Waals surface area (Å²) < 4.78 is 8.11. The van der Waals surface area contributed by atoms with Crippen molar-refractivity contribution in [2.45, 2.75) is 91.5 Å². The molecule has 0 fully saturated rings. The van der Waals surface area contributed by atoms with Crippen molar-refractivity contribution in [1.82, 2.24) is 14.8 Å². The lowest BCUT2D eigenvalue weighted by atomic mass is 9.69. The fraction of sp³-hybridized carbons (Fsp3) is 0.533. The SMILES string of the molecule is CCc1ccc(OC(C)c2nnc(SCC(=O)Nc3sc4c(c3C#N)CCC(C(C)(C)CC)C4)n2CC)cc1. The molecule has 7 nitrogen and oxygen atoms in total. The number of aryl methyl sites for hydroxylation is 1. The second-order valence-electron chi connectivity index (χ2n) is 10.8. The van der Waals surface area contributed by atoms with E-state index in [4.69, 9.17) is 4.74 Å². The number of thioether (sulfide) groups is 1. The van der Waals surface area contributed by atoms with Crippen molar-refractivity contribution in [1.29, 1.82) is 5.26 Å². The number of hydrogen-bond donors (Lipinski definition) is 1. The first-order valence-electron chi connectivity index (χ1n) is 13.9. The Kier molecular flexibility index (Phi) is 9.39.